The first kappa shape index (κ1) is 25.7. The molecule has 0 saturated carbocycles. The van der Waals surface area contributed by atoms with E-state index < -0.39 is 40.8 Å². The smallest absolute Gasteiger partial charge is 0.268 e. The summed E-state index contributed by atoms with van der Waals surface area (Å²) >= 11 is 0. The second-order valence-electron chi connectivity index (χ2n) is 7.54. The summed E-state index contributed by atoms with van der Waals surface area (Å²) < 4.78 is 24.8. The lowest BCUT2D eigenvalue weighted by Gasteiger charge is -2.23. The van der Waals surface area contributed by atoms with Crippen molar-refractivity contribution in [2.45, 2.75) is 44.0 Å². The van der Waals surface area contributed by atoms with Gasteiger partial charge in [-0.15, -0.1) is 4.83 Å². The lowest BCUT2D eigenvalue weighted by atomic mass is 10.0. The van der Waals surface area contributed by atoms with Crippen LogP contribution in [0.5, 0.6) is 0 Å². The molecule has 32 heavy (non-hydrogen) atoms. The normalized spacial score (nSPS) is 14.5. The highest BCUT2D eigenvalue weighted by Crippen LogP contribution is 2.21. The van der Waals surface area contributed by atoms with Crippen molar-refractivity contribution in [3.63, 3.8) is 0 Å². The van der Waals surface area contributed by atoms with E-state index in [4.69, 9.17) is 5.11 Å². The van der Waals surface area contributed by atoms with Crippen LogP contribution in [0.25, 0.3) is 0 Å². The van der Waals surface area contributed by atoms with Crippen LogP contribution in [0.2, 0.25) is 0 Å². The van der Waals surface area contributed by atoms with Crippen molar-refractivity contribution in [2.24, 2.45) is 0 Å². The van der Waals surface area contributed by atoms with Gasteiger partial charge in [0.1, 0.15) is 12.2 Å². The molecule has 0 aliphatic rings. The number of aliphatic hydroxyl groups is 4. The minimum absolute atomic E-state index is 0.0126. The second kappa shape index (κ2) is 10.9. The van der Waals surface area contributed by atoms with Gasteiger partial charge in [-0.25, -0.2) is 8.42 Å². The Hall–Kier alpha value is -2.54. The summed E-state index contributed by atoms with van der Waals surface area (Å²) in [5.74, 6) is -0.739. The SMILES string of the molecule is Cc1ccc(S(=O)(=O)NNC(=O)c2cc(C)c(C)cc2NC[C@@H](O)[C@@H](O)[C@H](O)CO)cc1. The molecule has 0 fully saturated rings. The predicted octanol–water partition coefficient (Wildman–Crippen LogP) is -0.278. The first-order chi connectivity index (χ1) is 15.0. The lowest BCUT2D eigenvalue weighted by molar-refractivity contribution is -0.0715. The van der Waals surface area contributed by atoms with Gasteiger partial charge in [-0.1, -0.05) is 17.7 Å². The molecule has 0 bridgehead atoms. The molecular formula is C21H29N3O7S. The highest BCUT2D eigenvalue weighted by Gasteiger charge is 2.25. The van der Waals surface area contributed by atoms with E-state index in [9.17, 15) is 28.5 Å². The average Bonchev–Trinajstić information content (AvgIpc) is 2.76. The number of rotatable bonds is 10. The molecule has 2 aromatic rings. The zero-order valence-electron chi connectivity index (χ0n) is 18.0. The molecule has 2 aromatic carbocycles. The van der Waals surface area contributed by atoms with E-state index in [1.165, 1.54) is 12.1 Å². The molecule has 0 aromatic heterocycles. The summed E-state index contributed by atoms with van der Waals surface area (Å²) in [5, 5.41) is 41.0. The average molecular weight is 468 g/mol. The fourth-order valence-electron chi connectivity index (χ4n) is 2.81. The van der Waals surface area contributed by atoms with Gasteiger partial charge in [0, 0.05) is 12.2 Å². The first-order valence-corrected chi connectivity index (χ1v) is 11.3. The van der Waals surface area contributed by atoms with Crippen LogP contribution in [-0.2, 0) is 10.0 Å². The Balaban J connectivity index is 2.16. The van der Waals surface area contributed by atoms with Crippen LogP contribution in [-0.4, -0.2) is 66.2 Å². The molecule has 3 atom stereocenters. The molecule has 0 aliphatic heterocycles. The Kier molecular flexibility index (Phi) is 8.73. The highest BCUT2D eigenvalue weighted by molar-refractivity contribution is 7.89. The molecule has 0 radical (unpaired) electrons. The Morgan fingerprint density at radius 3 is 2.16 bits per heavy atom. The fraction of sp³-hybridized carbons (Fsp3) is 0.381. The van der Waals surface area contributed by atoms with Gasteiger partial charge in [0.15, 0.2) is 0 Å². The van der Waals surface area contributed by atoms with Crippen LogP contribution in [0, 0.1) is 20.8 Å². The van der Waals surface area contributed by atoms with Crippen LogP contribution in [0.1, 0.15) is 27.0 Å². The zero-order chi connectivity index (χ0) is 24.1. The maximum Gasteiger partial charge on any atom is 0.268 e. The number of nitrogens with one attached hydrogen (secondary N) is 3. The van der Waals surface area contributed by atoms with Crippen LogP contribution in [0.4, 0.5) is 5.69 Å². The molecule has 0 unspecified atom stereocenters. The Morgan fingerprint density at radius 1 is 0.969 bits per heavy atom. The number of carbonyl (C=O) groups is 1. The van der Waals surface area contributed by atoms with Crippen LogP contribution in [0.15, 0.2) is 41.3 Å². The number of hydrazine groups is 1. The van der Waals surface area contributed by atoms with E-state index in [0.717, 1.165) is 16.7 Å². The summed E-state index contributed by atoms with van der Waals surface area (Å²) in [6, 6.07) is 9.30. The van der Waals surface area contributed by atoms with Crippen molar-refractivity contribution < 1.29 is 33.6 Å². The maximum absolute atomic E-state index is 12.7. The number of carbonyl (C=O) groups excluding carboxylic acids is 1. The molecule has 0 aliphatic carbocycles. The van der Waals surface area contributed by atoms with Gasteiger partial charge in [-0.3, -0.25) is 10.2 Å². The number of amides is 1. The number of hydrogen-bond acceptors (Lipinski definition) is 8. The third kappa shape index (κ3) is 6.48. The van der Waals surface area contributed by atoms with Gasteiger partial charge in [0.25, 0.3) is 15.9 Å². The number of anilines is 1. The summed E-state index contributed by atoms with van der Waals surface area (Å²) in [6.07, 6.45) is -4.56. The molecule has 10 nitrogen and oxygen atoms in total. The molecule has 176 valence electrons. The highest BCUT2D eigenvalue weighted by atomic mass is 32.2. The second-order valence-corrected chi connectivity index (χ2v) is 9.23. The van der Waals surface area contributed by atoms with Gasteiger partial charge in [0.05, 0.1) is 23.2 Å². The number of aliphatic hydroxyl groups excluding tert-OH is 4. The minimum Gasteiger partial charge on any atom is -0.394 e. The molecule has 11 heteroatoms. The van der Waals surface area contributed by atoms with E-state index in [-0.39, 0.29) is 22.7 Å². The molecule has 1 amide bonds. The zero-order valence-corrected chi connectivity index (χ0v) is 18.8. The first-order valence-electron chi connectivity index (χ1n) is 9.85. The van der Waals surface area contributed by atoms with E-state index in [2.05, 4.69) is 15.6 Å². The van der Waals surface area contributed by atoms with Crippen LogP contribution >= 0.6 is 0 Å². The third-order valence-corrected chi connectivity index (χ3v) is 6.25. The molecule has 7 N–H and O–H groups in total. The van der Waals surface area contributed by atoms with Crippen molar-refractivity contribution in [3.05, 3.63) is 58.7 Å². The van der Waals surface area contributed by atoms with Gasteiger partial charge < -0.3 is 25.7 Å². The lowest BCUT2D eigenvalue weighted by Crippen LogP contribution is -2.43. The summed E-state index contributed by atoms with van der Waals surface area (Å²) in [7, 11) is -3.99. The number of hydrogen-bond donors (Lipinski definition) is 7. The van der Waals surface area contributed by atoms with E-state index in [1.807, 2.05) is 13.8 Å². The molecule has 0 spiro atoms. The van der Waals surface area contributed by atoms with E-state index >= 15 is 0 Å². The van der Waals surface area contributed by atoms with Gasteiger partial charge in [0.2, 0.25) is 0 Å². The van der Waals surface area contributed by atoms with Crippen molar-refractivity contribution >= 4 is 21.6 Å². The monoisotopic (exact) mass is 467 g/mol. The van der Waals surface area contributed by atoms with Crippen molar-refractivity contribution in [1.29, 1.82) is 0 Å². The Bertz CT molecular complexity index is 1040. The number of sulfonamides is 1. The summed E-state index contributed by atoms with van der Waals surface area (Å²) in [6.45, 7) is 4.44. The Morgan fingerprint density at radius 2 is 1.56 bits per heavy atom. The molecular weight excluding hydrogens is 438 g/mol. The van der Waals surface area contributed by atoms with Gasteiger partial charge in [-0.05, 0) is 56.2 Å². The van der Waals surface area contributed by atoms with Crippen LogP contribution in [0.3, 0.4) is 0 Å². The predicted molar refractivity (Wildman–Crippen MR) is 118 cm³/mol. The minimum atomic E-state index is -3.99. The third-order valence-electron chi connectivity index (χ3n) is 4.99. The van der Waals surface area contributed by atoms with Crippen molar-refractivity contribution in [2.75, 3.05) is 18.5 Å². The van der Waals surface area contributed by atoms with E-state index in [0.29, 0.717) is 0 Å². The van der Waals surface area contributed by atoms with Crippen molar-refractivity contribution in [1.82, 2.24) is 10.3 Å². The molecule has 0 saturated heterocycles. The topological polar surface area (TPSA) is 168 Å². The fourth-order valence-corrected chi connectivity index (χ4v) is 3.65. The number of benzene rings is 2. The Labute approximate surface area is 186 Å². The summed E-state index contributed by atoms with van der Waals surface area (Å²) in [4.78, 5) is 14.8. The standard InChI is InChI=1S/C21H29N3O7S/c1-12-4-6-15(7-5-12)32(30,31)24-23-21(29)16-8-13(2)14(3)9-17(16)22-10-18(26)20(28)19(27)11-25/h4-9,18-20,22,24-28H,10-11H2,1-3H3,(H,23,29)/t18-,19-,20-/m1/s1. The van der Waals surface area contributed by atoms with E-state index in [1.54, 1.807) is 31.2 Å². The van der Waals surface area contributed by atoms with Crippen LogP contribution < -0.4 is 15.6 Å². The number of aryl methyl sites for hydroxylation is 3. The van der Waals surface area contributed by atoms with Gasteiger partial charge in [-0.2, -0.15) is 0 Å². The summed E-state index contributed by atoms with van der Waals surface area (Å²) in [5.41, 5.74) is 5.05. The van der Waals surface area contributed by atoms with Gasteiger partial charge >= 0.3 is 0 Å². The molecule has 0 heterocycles. The van der Waals surface area contributed by atoms with Crippen molar-refractivity contribution in [3.8, 4) is 0 Å². The quantitative estimate of drug-likeness (QED) is 0.234. The maximum atomic E-state index is 12.7. The molecule has 2 rings (SSSR count). The largest absolute Gasteiger partial charge is 0.394 e.